The summed E-state index contributed by atoms with van der Waals surface area (Å²) in [7, 11) is 2.06. The number of imidazole rings is 1. The molecule has 0 radical (unpaired) electrons. The van der Waals surface area contributed by atoms with Gasteiger partial charge in [0.2, 0.25) is 0 Å². The summed E-state index contributed by atoms with van der Waals surface area (Å²) in [5.41, 5.74) is 0.838. The van der Waals surface area contributed by atoms with E-state index in [1.165, 1.54) is 5.69 Å². The van der Waals surface area contributed by atoms with Crippen LogP contribution in [0.1, 0.15) is 26.0 Å². The number of morpholine rings is 1. The van der Waals surface area contributed by atoms with Crippen LogP contribution >= 0.6 is 0 Å². The number of likely N-dealkylation sites (N-methyl/N-ethyl adjacent to an activating group) is 1. The minimum absolute atomic E-state index is 0.0923. The summed E-state index contributed by atoms with van der Waals surface area (Å²) in [6.45, 7) is 8.10. The lowest BCUT2D eigenvalue weighted by molar-refractivity contribution is -0.106. The molecule has 1 aromatic rings. The Morgan fingerprint density at radius 2 is 2.38 bits per heavy atom. The molecule has 0 spiro atoms. The maximum absolute atomic E-state index is 9.85. The highest BCUT2D eigenvalue weighted by Crippen LogP contribution is 2.21. The highest BCUT2D eigenvalue weighted by atomic mass is 16.5. The quantitative estimate of drug-likeness (QED) is 0.765. The van der Waals surface area contributed by atoms with Gasteiger partial charge in [-0.3, -0.25) is 4.90 Å². The van der Waals surface area contributed by atoms with Crippen LogP contribution in [0.15, 0.2) is 12.5 Å². The third kappa shape index (κ3) is 3.63. The van der Waals surface area contributed by atoms with Gasteiger partial charge in [-0.25, -0.2) is 4.98 Å². The van der Waals surface area contributed by atoms with Crippen molar-refractivity contribution < 1.29 is 9.84 Å². The van der Waals surface area contributed by atoms with Gasteiger partial charge in [0, 0.05) is 31.9 Å². The van der Waals surface area contributed by atoms with E-state index in [1.807, 2.05) is 12.5 Å². The largest absolute Gasteiger partial charge is 0.394 e. The van der Waals surface area contributed by atoms with E-state index in [0.717, 1.165) is 26.1 Å². The summed E-state index contributed by atoms with van der Waals surface area (Å²) >= 11 is 0. The molecule has 0 aliphatic carbocycles. The number of hydrogen-bond acceptors (Lipinski definition) is 5. The predicted octanol–water partition coefficient (Wildman–Crippen LogP) is 0.464. The zero-order valence-corrected chi connectivity index (χ0v) is 13.4. The number of aromatic nitrogens is 2. The van der Waals surface area contributed by atoms with Crippen molar-refractivity contribution in [3.05, 3.63) is 18.2 Å². The Hall–Kier alpha value is -0.950. The van der Waals surface area contributed by atoms with E-state index in [9.17, 15) is 5.11 Å². The van der Waals surface area contributed by atoms with Gasteiger partial charge in [-0.15, -0.1) is 0 Å². The van der Waals surface area contributed by atoms with E-state index in [-0.39, 0.29) is 12.1 Å². The summed E-state index contributed by atoms with van der Waals surface area (Å²) in [4.78, 5) is 6.44. The lowest BCUT2D eigenvalue weighted by Crippen LogP contribution is -2.65. The van der Waals surface area contributed by atoms with Crippen LogP contribution in [0.5, 0.6) is 0 Å². The fourth-order valence-corrected chi connectivity index (χ4v) is 2.85. The molecule has 0 aromatic carbocycles. The van der Waals surface area contributed by atoms with Crippen molar-refractivity contribution in [1.29, 1.82) is 0 Å². The number of ether oxygens (including phenoxy) is 1. The molecule has 1 aliphatic heterocycles. The second-order valence-corrected chi connectivity index (χ2v) is 6.04. The highest BCUT2D eigenvalue weighted by molar-refractivity contribution is 5.00. The van der Waals surface area contributed by atoms with Crippen molar-refractivity contribution in [1.82, 2.24) is 19.8 Å². The van der Waals surface area contributed by atoms with Crippen molar-refractivity contribution in [3.8, 4) is 0 Å². The fourth-order valence-electron chi connectivity index (χ4n) is 2.85. The van der Waals surface area contributed by atoms with Gasteiger partial charge < -0.3 is 19.7 Å². The van der Waals surface area contributed by atoms with Crippen LogP contribution in [-0.2, 0) is 17.8 Å². The molecule has 0 saturated carbocycles. The van der Waals surface area contributed by atoms with Gasteiger partial charge in [-0.05, 0) is 20.4 Å². The van der Waals surface area contributed by atoms with Gasteiger partial charge in [0.05, 0.1) is 37.4 Å². The Morgan fingerprint density at radius 3 is 3.10 bits per heavy atom. The molecular weight excluding hydrogens is 268 g/mol. The number of aryl methyl sites for hydroxylation is 1. The minimum atomic E-state index is -0.340. The number of hydrogen-bond donors (Lipinski definition) is 2. The van der Waals surface area contributed by atoms with Crippen molar-refractivity contribution in [2.24, 2.45) is 0 Å². The normalized spacial score (nSPS) is 27.1. The van der Waals surface area contributed by atoms with Crippen molar-refractivity contribution in [2.45, 2.75) is 44.9 Å². The fraction of sp³-hybridized carbons (Fsp3) is 0.800. The van der Waals surface area contributed by atoms with E-state index in [1.54, 1.807) is 0 Å². The van der Waals surface area contributed by atoms with Crippen LogP contribution in [0, 0.1) is 0 Å². The first-order valence-electron chi connectivity index (χ1n) is 7.74. The molecule has 1 aromatic heterocycles. The molecule has 2 heterocycles. The molecule has 0 unspecified atom stereocenters. The molecule has 2 N–H and O–H groups in total. The number of nitrogens with zero attached hydrogens (tertiary/aromatic N) is 3. The molecule has 0 amide bonds. The zero-order chi connectivity index (χ0) is 15.3. The lowest BCUT2D eigenvalue weighted by Gasteiger charge is -2.47. The van der Waals surface area contributed by atoms with Gasteiger partial charge >= 0.3 is 0 Å². The molecule has 2 rings (SSSR count). The first-order valence-corrected chi connectivity index (χ1v) is 7.74. The third-order valence-electron chi connectivity index (χ3n) is 4.46. The number of nitrogens with one attached hydrogen (secondary N) is 1. The van der Waals surface area contributed by atoms with E-state index in [0.29, 0.717) is 19.2 Å². The number of aliphatic hydroxyl groups is 1. The molecule has 120 valence electrons. The number of rotatable bonds is 7. The average molecular weight is 296 g/mol. The highest BCUT2D eigenvalue weighted by Gasteiger charge is 2.39. The SMILES string of the molecule is CCCn1cncc1CNC[C@]1(CO)COC[C@@H](C)N1C. The Morgan fingerprint density at radius 1 is 1.57 bits per heavy atom. The van der Waals surface area contributed by atoms with Crippen LogP contribution in [-0.4, -0.2) is 64.6 Å². The van der Waals surface area contributed by atoms with Gasteiger partial charge in [-0.2, -0.15) is 0 Å². The maximum atomic E-state index is 9.85. The van der Waals surface area contributed by atoms with Crippen LogP contribution in [0.3, 0.4) is 0 Å². The Balaban J connectivity index is 1.92. The van der Waals surface area contributed by atoms with Gasteiger partial charge in [-0.1, -0.05) is 6.92 Å². The molecule has 6 nitrogen and oxygen atoms in total. The summed E-state index contributed by atoms with van der Waals surface area (Å²) in [6, 6.07) is 0.318. The van der Waals surface area contributed by atoms with Crippen molar-refractivity contribution >= 4 is 0 Å². The zero-order valence-electron chi connectivity index (χ0n) is 13.4. The summed E-state index contributed by atoms with van der Waals surface area (Å²) in [5, 5.41) is 13.3. The molecule has 1 aliphatic rings. The van der Waals surface area contributed by atoms with Crippen LogP contribution < -0.4 is 5.32 Å². The number of aliphatic hydroxyl groups excluding tert-OH is 1. The summed E-state index contributed by atoms with van der Waals surface area (Å²) in [5.74, 6) is 0. The van der Waals surface area contributed by atoms with Gasteiger partial charge in [0.1, 0.15) is 0 Å². The van der Waals surface area contributed by atoms with E-state index >= 15 is 0 Å². The Kier molecular flexibility index (Phi) is 5.75. The first-order chi connectivity index (χ1) is 10.1. The summed E-state index contributed by atoms with van der Waals surface area (Å²) < 4.78 is 7.82. The molecule has 21 heavy (non-hydrogen) atoms. The lowest BCUT2D eigenvalue weighted by atomic mass is 9.96. The minimum Gasteiger partial charge on any atom is -0.394 e. The second kappa shape index (κ2) is 7.35. The van der Waals surface area contributed by atoms with Crippen LogP contribution in [0.4, 0.5) is 0 Å². The first kappa shape index (κ1) is 16.4. The van der Waals surface area contributed by atoms with Gasteiger partial charge in [0.15, 0.2) is 0 Å². The molecule has 0 bridgehead atoms. The molecule has 2 atom stereocenters. The Bertz CT molecular complexity index is 437. The van der Waals surface area contributed by atoms with E-state index in [2.05, 4.69) is 40.7 Å². The van der Waals surface area contributed by atoms with E-state index in [4.69, 9.17) is 4.74 Å². The monoisotopic (exact) mass is 296 g/mol. The molecule has 6 heteroatoms. The van der Waals surface area contributed by atoms with Crippen LogP contribution in [0.25, 0.3) is 0 Å². The van der Waals surface area contributed by atoms with Crippen molar-refractivity contribution in [2.75, 3.05) is 33.4 Å². The molecule has 1 fully saturated rings. The molecular formula is C15H28N4O2. The third-order valence-corrected chi connectivity index (χ3v) is 4.46. The Labute approximate surface area is 127 Å². The van der Waals surface area contributed by atoms with Gasteiger partial charge in [0.25, 0.3) is 0 Å². The van der Waals surface area contributed by atoms with Crippen molar-refractivity contribution in [3.63, 3.8) is 0 Å². The second-order valence-electron chi connectivity index (χ2n) is 6.04. The van der Waals surface area contributed by atoms with Crippen LogP contribution in [0.2, 0.25) is 0 Å². The summed E-state index contributed by atoms with van der Waals surface area (Å²) in [6.07, 6.45) is 4.87. The molecule has 1 saturated heterocycles. The smallest absolute Gasteiger partial charge is 0.0948 e. The standard InChI is InChI=1S/C15H28N4O2/c1-4-5-19-12-17-7-14(19)6-16-9-15(10-20)11-21-8-13(2)18(15)3/h7,12-13,16,20H,4-6,8-11H2,1-3H3/t13-,15+/m1/s1. The average Bonchev–Trinajstić information content (AvgIpc) is 2.92. The topological polar surface area (TPSA) is 62.6 Å². The maximum Gasteiger partial charge on any atom is 0.0948 e. The van der Waals surface area contributed by atoms with E-state index < -0.39 is 0 Å². The predicted molar refractivity (Wildman–Crippen MR) is 82.1 cm³/mol.